The Morgan fingerprint density at radius 2 is 1.86 bits per heavy atom. The largest absolute Gasteiger partial charge is 0.370 e. The van der Waals surface area contributed by atoms with Gasteiger partial charge in [-0.1, -0.05) is 29.3 Å². The van der Waals surface area contributed by atoms with Crippen LogP contribution in [0, 0.1) is 0 Å². The van der Waals surface area contributed by atoms with E-state index in [1.807, 2.05) is 0 Å². The Balaban J connectivity index is 1.87. The number of hydrogen-bond acceptors (Lipinski definition) is 3. The van der Waals surface area contributed by atoms with Crippen molar-refractivity contribution in [2.24, 2.45) is 0 Å². The van der Waals surface area contributed by atoms with Crippen molar-refractivity contribution in [3.05, 3.63) is 40.0 Å². The monoisotopic (exact) mass is 343 g/mol. The zero-order valence-electron chi connectivity index (χ0n) is 12.4. The number of nitrogens with one attached hydrogen (secondary N) is 1. The number of morpholine rings is 1. The summed E-state index contributed by atoms with van der Waals surface area (Å²) in [6.07, 6.45) is 5.26. The van der Waals surface area contributed by atoms with Crippen molar-refractivity contribution in [2.75, 3.05) is 31.4 Å². The summed E-state index contributed by atoms with van der Waals surface area (Å²) in [7, 11) is 0. The van der Waals surface area contributed by atoms with E-state index < -0.39 is 0 Å². The zero-order chi connectivity index (χ0) is 15.5. The van der Waals surface area contributed by atoms with Gasteiger partial charge in [0, 0.05) is 0 Å². The van der Waals surface area contributed by atoms with Gasteiger partial charge in [0.2, 0.25) is 0 Å². The molecular weight excluding hydrogens is 323 g/mol. The molecule has 1 aromatic rings. The van der Waals surface area contributed by atoms with Crippen molar-refractivity contribution in [3.63, 3.8) is 0 Å². The molecule has 0 radical (unpaired) electrons. The maximum absolute atomic E-state index is 10.8. The first-order chi connectivity index (χ1) is 10.7. The highest BCUT2D eigenvalue weighted by Crippen LogP contribution is 2.36. The van der Waals surface area contributed by atoms with Gasteiger partial charge < -0.3 is 9.64 Å². The molecule has 1 saturated heterocycles. The number of anilines is 1. The van der Waals surface area contributed by atoms with Crippen LogP contribution in [0.1, 0.15) is 19.3 Å². The van der Waals surface area contributed by atoms with E-state index >= 15 is 0 Å². The van der Waals surface area contributed by atoms with Crippen LogP contribution in [0.15, 0.2) is 30.0 Å². The lowest BCUT2D eigenvalue weighted by Gasteiger charge is -2.36. The number of para-hydroxylation sites is 1. The lowest BCUT2D eigenvalue weighted by Crippen LogP contribution is -3.13. The summed E-state index contributed by atoms with van der Waals surface area (Å²) in [4.78, 5) is 1.39. The number of rotatable bonds is 3. The highest BCUT2D eigenvalue weighted by atomic mass is 35.5. The first-order valence-corrected chi connectivity index (χ1v) is 8.49. The minimum Gasteiger partial charge on any atom is -0.370 e. The van der Waals surface area contributed by atoms with Crippen molar-refractivity contribution in [2.45, 2.75) is 25.3 Å². The molecule has 0 unspecified atom stereocenters. The van der Waals surface area contributed by atoms with Crippen LogP contribution in [-0.4, -0.2) is 37.6 Å². The number of halogens is 2. The second-order valence-electron chi connectivity index (χ2n) is 5.74. The van der Waals surface area contributed by atoms with E-state index in [0.717, 1.165) is 45.6 Å². The number of ether oxygens (including phenoxy) is 1. The van der Waals surface area contributed by atoms with Crippen molar-refractivity contribution >= 4 is 28.9 Å². The summed E-state index contributed by atoms with van der Waals surface area (Å²) in [5, 5.41) is 13.0. The Kier molecular flexibility index (Phi) is 5.26. The number of hydrogen-bond donors (Lipinski definition) is 2. The van der Waals surface area contributed by atoms with Gasteiger partial charge in [0.25, 0.3) is 0 Å². The molecule has 1 aromatic carbocycles. The minimum absolute atomic E-state index is 0.0840. The van der Waals surface area contributed by atoms with Gasteiger partial charge >= 0.3 is 0 Å². The minimum atomic E-state index is -0.0840. The van der Waals surface area contributed by atoms with E-state index in [2.05, 4.69) is 6.08 Å². The molecule has 1 aliphatic heterocycles. The number of nitrogens with zero attached hydrogens (tertiary/aromatic N) is 1. The fraction of sp³-hybridized carbons (Fsp3) is 0.500. The average molecular weight is 344 g/mol. The number of allylic oxidation sites excluding steroid dienone is 1. The lowest BCUT2D eigenvalue weighted by molar-refractivity contribution is -0.872. The van der Waals surface area contributed by atoms with Gasteiger partial charge in [0.15, 0.2) is 0 Å². The van der Waals surface area contributed by atoms with Gasteiger partial charge in [-0.25, -0.2) is 5.06 Å². The summed E-state index contributed by atoms with van der Waals surface area (Å²) in [5.74, 6) is 0. The highest BCUT2D eigenvalue weighted by Gasteiger charge is 2.34. The molecular formula is C16H21Cl2N2O2+. The van der Waals surface area contributed by atoms with Crippen LogP contribution in [0.5, 0.6) is 0 Å². The summed E-state index contributed by atoms with van der Waals surface area (Å²) >= 11 is 12.5. The summed E-state index contributed by atoms with van der Waals surface area (Å²) in [6, 6.07) is 5.20. The van der Waals surface area contributed by atoms with Crippen LogP contribution >= 0.6 is 23.2 Å². The van der Waals surface area contributed by atoms with E-state index in [-0.39, 0.29) is 6.04 Å². The van der Waals surface area contributed by atoms with Crippen molar-refractivity contribution in [1.82, 2.24) is 0 Å². The molecule has 3 rings (SSSR count). The van der Waals surface area contributed by atoms with Gasteiger partial charge in [-0.3, -0.25) is 5.21 Å². The fourth-order valence-electron chi connectivity index (χ4n) is 3.26. The van der Waals surface area contributed by atoms with Crippen molar-refractivity contribution in [3.8, 4) is 0 Å². The molecule has 1 fully saturated rings. The van der Waals surface area contributed by atoms with Gasteiger partial charge in [-0.05, 0) is 37.5 Å². The molecule has 4 nitrogen and oxygen atoms in total. The van der Waals surface area contributed by atoms with Crippen LogP contribution in [0.25, 0.3) is 0 Å². The smallest absolute Gasteiger partial charge is 0.130 e. The van der Waals surface area contributed by atoms with Crippen LogP contribution in [-0.2, 0) is 4.74 Å². The Hall–Kier alpha value is -0.780. The molecule has 0 amide bonds. The van der Waals surface area contributed by atoms with Crippen molar-refractivity contribution in [1.29, 1.82) is 0 Å². The van der Waals surface area contributed by atoms with E-state index in [1.54, 1.807) is 18.2 Å². The number of benzene rings is 1. The Labute approximate surface area is 140 Å². The standard InChI is InChI=1S/C16H20Cl2N2O2/c17-12-4-3-5-13(18)16(12)20(21)15-7-2-1-6-14(15)19-8-10-22-11-9-19/h3-6,15,21H,1-2,7-11H2/p+1/t15-/m0/s1. The molecule has 0 aromatic heterocycles. The maximum atomic E-state index is 10.8. The molecule has 0 spiro atoms. The third-order valence-corrected chi connectivity index (χ3v) is 4.98. The SMILES string of the molecule is ON(c1c(Cl)cccc1Cl)[C@H]1CCCC=C1[NH+]1CCOCC1. The lowest BCUT2D eigenvalue weighted by atomic mass is 9.97. The normalized spacial score (nSPS) is 23.2. The van der Waals surface area contributed by atoms with Gasteiger partial charge in [0.1, 0.15) is 30.5 Å². The molecule has 2 N–H and O–H groups in total. The van der Waals surface area contributed by atoms with Crippen LogP contribution in [0.3, 0.4) is 0 Å². The Morgan fingerprint density at radius 3 is 2.55 bits per heavy atom. The highest BCUT2D eigenvalue weighted by molar-refractivity contribution is 6.39. The zero-order valence-corrected chi connectivity index (χ0v) is 13.9. The van der Waals surface area contributed by atoms with Crippen LogP contribution in [0.4, 0.5) is 5.69 Å². The number of hydroxylamine groups is 1. The van der Waals surface area contributed by atoms with E-state index in [4.69, 9.17) is 27.9 Å². The third kappa shape index (κ3) is 3.26. The first kappa shape index (κ1) is 16.1. The molecule has 1 aliphatic carbocycles. The molecule has 0 saturated carbocycles. The summed E-state index contributed by atoms with van der Waals surface area (Å²) in [5.41, 5.74) is 1.73. The summed E-state index contributed by atoms with van der Waals surface area (Å²) in [6.45, 7) is 3.40. The second-order valence-corrected chi connectivity index (χ2v) is 6.55. The quantitative estimate of drug-likeness (QED) is 0.828. The number of quaternary nitrogens is 1. The molecule has 1 heterocycles. The molecule has 22 heavy (non-hydrogen) atoms. The van der Waals surface area contributed by atoms with E-state index in [9.17, 15) is 5.21 Å². The summed E-state index contributed by atoms with van der Waals surface area (Å²) < 4.78 is 5.44. The molecule has 6 heteroatoms. The van der Waals surface area contributed by atoms with Crippen molar-refractivity contribution < 1.29 is 14.8 Å². The molecule has 120 valence electrons. The van der Waals surface area contributed by atoms with Crippen LogP contribution < -0.4 is 9.96 Å². The second kappa shape index (κ2) is 7.20. The molecule has 0 bridgehead atoms. The maximum Gasteiger partial charge on any atom is 0.130 e. The van der Waals surface area contributed by atoms with E-state index in [0.29, 0.717) is 15.7 Å². The molecule has 2 aliphatic rings. The first-order valence-electron chi connectivity index (χ1n) is 7.73. The average Bonchev–Trinajstić information content (AvgIpc) is 2.55. The Morgan fingerprint density at radius 1 is 1.18 bits per heavy atom. The Bertz CT molecular complexity index is 539. The third-order valence-electron chi connectivity index (χ3n) is 4.37. The van der Waals surface area contributed by atoms with Gasteiger partial charge in [-0.15, -0.1) is 0 Å². The molecule has 1 atom stereocenters. The predicted molar refractivity (Wildman–Crippen MR) is 88.0 cm³/mol. The van der Waals surface area contributed by atoms with E-state index in [1.165, 1.54) is 15.7 Å². The van der Waals surface area contributed by atoms with Gasteiger partial charge in [0.05, 0.1) is 23.3 Å². The van der Waals surface area contributed by atoms with Crippen LogP contribution in [0.2, 0.25) is 10.0 Å². The predicted octanol–water partition coefficient (Wildman–Crippen LogP) is 2.54. The van der Waals surface area contributed by atoms with Gasteiger partial charge in [-0.2, -0.15) is 0 Å². The topological polar surface area (TPSA) is 37.1 Å². The fourth-order valence-corrected chi connectivity index (χ4v) is 3.84.